The number of rotatable bonds is 2. The van der Waals surface area contributed by atoms with Crippen molar-refractivity contribution in [1.82, 2.24) is 0 Å². The van der Waals surface area contributed by atoms with Gasteiger partial charge in [-0.05, 0) is 12.1 Å². The molecule has 13 heavy (non-hydrogen) atoms. The van der Waals surface area contributed by atoms with Gasteiger partial charge in [0.05, 0.1) is 21.3 Å². The molecule has 0 aliphatic rings. The Morgan fingerprint density at radius 2 is 2.08 bits per heavy atom. The second-order valence-electron chi connectivity index (χ2n) is 2.27. The number of aromatic carboxylic acids is 1. The third kappa shape index (κ3) is 2.03. The first-order chi connectivity index (χ1) is 6.06. The van der Waals surface area contributed by atoms with E-state index >= 15 is 0 Å². The number of carbonyl (C=O) groups is 1. The fraction of sp³-hybridized carbons (Fsp3) is 0. The highest BCUT2D eigenvalue weighted by Gasteiger charge is 2.12. The molecule has 1 aromatic carbocycles. The number of nitrogens with one attached hydrogen (secondary N) is 1. The van der Waals surface area contributed by atoms with E-state index < -0.39 is 5.97 Å². The lowest BCUT2D eigenvalue weighted by Crippen LogP contribution is -2.08. The van der Waals surface area contributed by atoms with Gasteiger partial charge in [-0.15, -0.1) is 0 Å². The molecule has 0 saturated carbocycles. The molecule has 4 N–H and O–H groups in total. The van der Waals surface area contributed by atoms with Crippen molar-refractivity contribution < 1.29 is 9.90 Å². The quantitative estimate of drug-likeness (QED) is 0.527. The number of halogens is 2. The van der Waals surface area contributed by atoms with E-state index in [2.05, 4.69) is 5.43 Å². The lowest BCUT2D eigenvalue weighted by atomic mass is 10.2. The summed E-state index contributed by atoms with van der Waals surface area (Å²) in [5.74, 6) is 3.94. The number of benzene rings is 1. The average molecular weight is 221 g/mol. The summed E-state index contributed by atoms with van der Waals surface area (Å²) in [5.41, 5.74) is 2.60. The number of hydrazine groups is 1. The van der Waals surface area contributed by atoms with Crippen LogP contribution in [0.2, 0.25) is 10.0 Å². The standard InChI is InChI=1S/C7H6Cl2N2O2/c8-5-2-3(11-10)1-4(6(5)9)7(12)13/h1-2,11H,10H2,(H,12,13). The van der Waals surface area contributed by atoms with Gasteiger partial charge in [0.15, 0.2) is 0 Å². The van der Waals surface area contributed by atoms with E-state index in [4.69, 9.17) is 34.2 Å². The van der Waals surface area contributed by atoms with E-state index in [1.165, 1.54) is 12.1 Å². The van der Waals surface area contributed by atoms with Crippen molar-refractivity contribution in [1.29, 1.82) is 0 Å². The Balaban J connectivity index is 3.33. The van der Waals surface area contributed by atoms with Crippen molar-refractivity contribution in [2.75, 3.05) is 5.43 Å². The lowest BCUT2D eigenvalue weighted by Gasteiger charge is -2.05. The Morgan fingerprint density at radius 1 is 1.46 bits per heavy atom. The van der Waals surface area contributed by atoms with Crippen LogP contribution < -0.4 is 11.3 Å². The minimum absolute atomic E-state index is 0.00756. The van der Waals surface area contributed by atoms with E-state index in [-0.39, 0.29) is 15.6 Å². The number of nitrogen functional groups attached to an aromatic ring is 1. The predicted molar refractivity (Wildman–Crippen MR) is 51.2 cm³/mol. The molecular weight excluding hydrogens is 215 g/mol. The molecule has 0 spiro atoms. The summed E-state index contributed by atoms with van der Waals surface area (Å²) >= 11 is 11.3. The summed E-state index contributed by atoms with van der Waals surface area (Å²) in [7, 11) is 0. The Labute approximate surface area is 84.2 Å². The van der Waals surface area contributed by atoms with E-state index in [1.54, 1.807) is 0 Å². The van der Waals surface area contributed by atoms with Gasteiger partial charge >= 0.3 is 5.97 Å². The fourth-order valence-corrected chi connectivity index (χ4v) is 1.24. The number of carboxylic acids is 1. The fourth-order valence-electron chi connectivity index (χ4n) is 0.828. The third-order valence-electron chi connectivity index (χ3n) is 1.43. The van der Waals surface area contributed by atoms with Gasteiger partial charge in [0, 0.05) is 0 Å². The monoisotopic (exact) mass is 220 g/mol. The summed E-state index contributed by atoms with van der Waals surface area (Å²) < 4.78 is 0. The summed E-state index contributed by atoms with van der Waals surface area (Å²) in [4.78, 5) is 10.6. The molecule has 0 aromatic heterocycles. The largest absolute Gasteiger partial charge is 0.478 e. The van der Waals surface area contributed by atoms with Crippen molar-refractivity contribution >= 4 is 34.9 Å². The smallest absolute Gasteiger partial charge is 0.337 e. The summed E-state index contributed by atoms with van der Waals surface area (Å²) in [6, 6.07) is 2.74. The molecule has 1 aromatic rings. The minimum Gasteiger partial charge on any atom is -0.478 e. The van der Waals surface area contributed by atoms with Gasteiger partial charge in [-0.25, -0.2) is 4.79 Å². The zero-order chi connectivity index (χ0) is 10.0. The second-order valence-corrected chi connectivity index (χ2v) is 3.05. The highest BCUT2D eigenvalue weighted by atomic mass is 35.5. The summed E-state index contributed by atoms with van der Waals surface area (Å²) in [6.45, 7) is 0. The van der Waals surface area contributed by atoms with Crippen molar-refractivity contribution in [3.05, 3.63) is 27.7 Å². The van der Waals surface area contributed by atoms with E-state index in [9.17, 15) is 4.79 Å². The first-order valence-electron chi connectivity index (χ1n) is 3.25. The van der Waals surface area contributed by atoms with Gasteiger partial charge in [0.2, 0.25) is 0 Å². The molecule has 0 aliphatic carbocycles. The van der Waals surface area contributed by atoms with Crippen molar-refractivity contribution in [2.45, 2.75) is 0 Å². The van der Waals surface area contributed by atoms with Crippen molar-refractivity contribution in [2.24, 2.45) is 5.84 Å². The van der Waals surface area contributed by atoms with Crippen molar-refractivity contribution in [3.63, 3.8) is 0 Å². The van der Waals surface area contributed by atoms with Crippen LogP contribution in [-0.4, -0.2) is 11.1 Å². The Hall–Kier alpha value is -0.970. The summed E-state index contributed by atoms with van der Waals surface area (Å²) in [5, 5.41) is 8.85. The Kier molecular flexibility index (Phi) is 2.98. The molecule has 0 aliphatic heterocycles. The van der Waals surface area contributed by atoms with Crippen molar-refractivity contribution in [3.8, 4) is 0 Å². The number of carboxylic acid groups (broad SMARTS) is 1. The molecule has 70 valence electrons. The first-order valence-corrected chi connectivity index (χ1v) is 4.01. The van der Waals surface area contributed by atoms with Crippen LogP contribution in [0.15, 0.2) is 12.1 Å². The highest BCUT2D eigenvalue weighted by molar-refractivity contribution is 6.44. The average Bonchev–Trinajstić information content (AvgIpc) is 2.09. The molecule has 4 nitrogen and oxygen atoms in total. The number of hydrogen-bond acceptors (Lipinski definition) is 3. The molecule has 0 radical (unpaired) electrons. The molecule has 0 heterocycles. The molecule has 0 fully saturated rings. The number of hydrogen-bond donors (Lipinski definition) is 3. The maximum Gasteiger partial charge on any atom is 0.337 e. The van der Waals surface area contributed by atoms with Gasteiger partial charge in [0.25, 0.3) is 0 Å². The van der Waals surface area contributed by atoms with Crippen LogP contribution in [0.4, 0.5) is 5.69 Å². The summed E-state index contributed by atoms with van der Waals surface area (Å²) in [6.07, 6.45) is 0. The van der Waals surface area contributed by atoms with Gasteiger partial charge < -0.3 is 10.5 Å². The molecule has 0 unspecified atom stereocenters. The van der Waals surface area contributed by atoms with Crippen LogP contribution in [0.1, 0.15) is 10.4 Å². The third-order valence-corrected chi connectivity index (χ3v) is 2.23. The number of anilines is 1. The molecule has 0 saturated heterocycles. The van der Waals surface area contributed by atoms with E-state index in [0.717, 1.165) is 0 Å². The SMILES string of the molecule is NNc1cc(Cl)c(Cl)c(C(=O)O)c1. The zero-order valence-corrected chi connectivity index (χ0v) is 7.86. The maximum atomic E-state index is 10.6. The molecule has 6 heteroatoms. The topological polar surface area (TPSA) is 75.3 Å². The van der Waals surface area contributed by atoms with E-state index in [0.29, 0.717) is 5.69 Å². The lowest BCUT2D eigenvalue weighted by molar-refractivity contribution is 0.0697. The molecule has 0 bridgehead atoms. The van der Waals surface area contributed by atoms with Crippen LogP contribution >= 0.6 is 23.2 Å². The maximum absolute atomic E-state index is 10.6. The molecule has 1 rings (SSSR count). The molecule has 0 amide bonds. The Morgan fingerprint density at radius 3 is 2.54 bits per heavy atom. The second kappa shape index (κ2) is 3.83. The van der Waals surface area contributed by atoms with Gasteiger partial charge in [-0.2, -0.15) is 0 Å². The normalized spacial score (nSPS) is 9.77. The zero-order valence-electron chi connectivity index (χ0n) is 6.34. The van der Waals surface area contributed by atoms with Gasteiger partial charge in [-0.1, -0.05) is 23.2 Å². The predicted octanol–water partition coefficient (Wildman–Crippen LogP) is 1.98. The first kappa shape index (κ1) is 10.1. The van der Waals surface area contributed by atoms with Crippen LogP contribution in [0, 0.1) is 0 Å². The molecule has 0 atom stereocenters. The van der Waals surface area contributed by atoms with Gasteiger partial charge in [-0.3, -0.25) is 5.84 Å². The van der Waals surface area contributed by atoms with Crippen LogP contribution in [0.3, 0.4) is 0 Å². The van der Waals surface area contributed by atoms with Gasteiger partial charge in [0.1, 0.15) is 0 Å². The van der Waals surface area contributed by atoms with Crippen LogP contribution in [-0.2, 0) is 0 Å². The highest BCUT2D eigenvalue weighted by Crippen LogP contribution is 2.29. The minimum atomic E-state index is -1.15. The number of nitrogens with two attached hydrogens (primary N) is 1. The van der Waals surface area contributed by atoms with Crippen LogP contribution in [0.25, 0.3) is 0 Å². The van der Waals surface area contributed by atoms with E-state index in [1.807, 2.05) is 0 Å². The van der Waals surface area contributed by atoms with Crippen LogP contribution in [0.5, 0.6) is 0 Å². The Bertz CT molecular complexity index is 355. The molecular formula is C7H6Cl2N2O2.